The van der Waals surface area contributed by atoms with Gasteiger partial charge in [-0.05, 0) is 51.8 Å². The second-order valence-corrected chi connectivity index (χ2v) is 10.5. The van der Waals surface area contributed by atoms with Crippen LogP contribution < -0.4 is 0 Å². The molecule has 2 unspecified atom stereocenters. The Hall–Kier alpha value is 0. The van der Waals surface area contributed by atoms with Gasteiger partial charge in [0.1, 0.15) is 0 Å². The second-order valence-electron chi connectivity index (χ2n) is 10.5. The number of hydrogen-bond acceptors (Lipinski definition) is 0. The highest BCUT2D eigenvalue weighted by Gasteiger charge is 2.67. The van der Waals surface area contributed by atoms with Gasteiger partial charge in [0.2, 0.25) is 0 Å². The molecule has 0 saturated heterocycles. The molecule has 0 heteroatoms. The molecule has 2 atom stereocenters. The molecule has 0 nitrogen and oxygen atoms in total. The van der Waals surface area contributed by atoms with Crippen LogP contribution in [0.2, 0.25) is 0 Å². The molecule has 2 fully saturated rings. The normalized spacial score (nSPS) is 39.9. The predicted octanol–water partition coefficient (Wildman–Crippen LogP) is 6.55. The van der Waals surface area contributed by atoms with Crippen molar-refractivity contribution in [3.63, 3.8) is 0 Å². The van der Waals surface area contributed by atoms with Crippen molar-refractivity contribution < 1.29 is 0 Å². The summed E-state index contributed by atoms with van der Waals surface area (Å²) in [6.07, 6.45) is 4.32. The Kier molecular flexibility index (Phi) is 3.31. The Morgan fingerprint density at radius 3 is 1.10 bits per heavy atom. The summed E-state index contributed by atoms with van der Waals surface area (Å²) in [4.78, 5) is 0. The van der Waals surface area contributed by atoms with Crippen molar-refractivity contribution in [3.8, 4) is 0 Å². The average molecular weight is 279 g/mol. The van der Waals surface area contributed by atoms with E-state index in [1.807, 2.05) is 0 Å². The van der Waals surface area contributed by atoms with Crippen molar-refractivity contribution in [2.75, 3.05) is 0 Å². The minimum absolute atomic E-state index is 0.317. The SMILES string of the molecule is CC1(C)C2CCCC2C(C)(C)C(C)(C)C(C)(C)C1(C)C. The van der Waals surface area contributed by atoms with Crippen LogP contribution in [0.25, 0.3) is 0 Å². The fraction of sp³-hybridized carbons (Fsp3) is 1.00. The topological polar surface area (TPSA) is 0 Å². The summed E-state index contributed by atoms with van der Waals surface area (Å²) in [6.45, 7) is 25.5. The van der Waals surface area contributed by atoms with E-state index in [0.29, 0.717) is 27.1 Å². The highest BCUT2D eigenvalue weighted by atomic mass is 14.7. The van der Waals surface area contributed by atoms with Gasteiger partial charge < -0.3 is 0 Å². The molecule has 0 amide bonds. The van der Waals surface area contributed by atoms with E-state index in [1.54, 1.807) is 0 Å². The Bertz CT molecular complexity index is 356. The zero-order valence-electron chi connectivity index (χ0n) is 15.8. The molecule has 2 aliphatic rings. The Labute approximate surface area is 128 Å². The highest BCUT2D eigenvalue weighted by molar-refractivity contribution is 5.15. The maximum Gasteiger partial charge on any atom is -0.0241 e. The van der Waals surface area contributed by atoms with E-state index in [-0.39, 0.29) is 0 Å². The Morgan fingerprint density at radius 2 is 0.800 bits per heavy atom. The van der Waals surface area contributed by atoms with E-state index in [9.17, 15) is 0 Å². The van der Waals surface area contributed by atoms with Gasteiger partial charge in [0.05, 0.1) is 0 Å². The third-order valence-corrected chi connectivity index (χ3v) is 9.72. The highest BCUT2D eigenvalue weighted by Crippen LogP contribution is 2.73. The largest absolute Gasteiger partial charge is 0.0591 e. The summed E-state index contributed by atoms with van der Waals surface area (Å²) in [5.74, 6) is 1.77. The molecule has 2 rings (SSSR count). The molecule has 0 spiro atoms. The lowest BCUT2D eigenvalue weighted by atomic mass is 9.44. The molecule has 118 valence electrons. The van der Waals surface area contributed by atoms with Crippen LogP contribution >= 0.6 is 0 Å². The maximum atomic E-state index is 2.56. The molecule has 20 heavy (non-hydrogen) atoms. The summed E-state index contributed by atoms with van der Waals surface area (Å²) in [5, 5.41) is 0. The van der Waals surface area contributed by atoms with E-state index in [2.05, 4.69) is 69.2 Å². The van der Waals surface area contributed by atoms with Gasteiger partial charge in [-0.3, -0.25) is 0 Å². The molecule has 0 aromatic heterocycles. The Balaban J connectivity index is 2.74. The Morgan fingerprint density at radius 1 is 0.500 bits per heavy atom. The number of rotatable bonds is 0. The first-order chi connectivity index (χ1) is 8.73. The zero-order chi connectivity index (χ0) is 15.8. The van der Waals surface area contributed by atoms with Crippen LogP contribution in [0.3, 0.4) is 0 Å². The first-order valence-electron chi connectivity index (χ1n) is 8.73. The molecule has 0 heterocycles. The minimum Gasteiger partial charge on any atom is -0.0591 e. The third-order valence-electron chi connectivity index (χ3n) is 9.72. The van der Waals surface area contributed by atoms with E-state index in [4.69, 9.17) is 0 Å². The molecule has 0 aromatic carbocycles. The summed E-state index contributed by atoms with van der Waals surface area (Å²) in [6, 6.07) is 0. The van der Waals surface area contributed by atoms with Crippen molar-refractivity contribution in [1.82, 2.24) is 0 Å². The first kappa shape index (κ1) is 16.4. The van der Waals surface area contributed by atoms with Crippen LogP contribution in [-0.2, 0) is 0 Å². The van der Waals surface area contributed by atoms with Crippen LogP contribution in [0.1, 0.15) is 88.5 Å². The van der Waals surface area contributed by atoms with Crippen molar-refractivity contribution in [1.29, 1.82) is 0 Å². The lowest BCUT2D eigenvalue weighted by molar-refractivity contribution is -0.123. The van der Waals surface area contributed by atoms with E-state index in [1.165, 1.54) is 19.3 Å². The summed E-state index contributed by atoms with van der Waals surface area (Å²) in [5.41, 5.74) is 1.80. The smallest absolute Gasteiger partial charge is 0.0241 e. The van der Waals surface area contributed by atoms with Gasteiger partial charge >= 0.3 is 0 Å². The molecule has 2 aliphatic carbocycles. The van der Waals surface area contributed by atoms with Crippen LogP contribution in [0.15, 0.2) is 0 Å². The lowest BCUT2D eigenvalue weighted by Crippen LogP contribution is -2.54. The van der Waals surface area contributed by atoms with Crippen LogP contribution in [0.4, 0.5) is 0 Å². The molecule has 0 radical (unpaired) electrons. The quantitative estimate of drug-likeness (QED) is 0.471. The standard InChI is InChI=1S/C20H38/c1-16(2)14-12-11-13-15(14)17(3,4)19(7,8)20(9,10)18(16,5)6/h14-15H,11-13H2,1-10H3. The van der Waals surface area contributed by atoms with E-state index >= 15 is 0 Å². The molecular weight excluding hydrogens is 240 g/mol. The molecule has 0 aromatic rings. The molecule has 2 saturated carbocycles. The van der Waals surface area contributed by atoms with Gasteiger partial charge in [0.15, 0.2) is 0 Å². The summed E-state index contributed by atoms with van der Waals surface area (Å²) >= 11 is 0. The maximum absolute atomic E-state index is 2.56. The fourth-order valence-electron chi connectivity index (χ4n) is 6.01. The zero-order valence-corrected chi connectivity index (χ0v) is 15.8. The monoisotopic (exact) mass is 278 g/mol. The van der Waals surface area contributed by atoms with Gasteiger partial charge in [-0.15, -0.1) is 0 Å². The van der Waals surface area contributed by atoms with Gasteiger partial charge in [0.25, 0.3) is 0 Å². The average Bonchev–Trinajstić information content (AvgIpc) is 2.76. The van der Waals surface area contributed by atoms with Crippen LogP contribution in [0, 0.1) is 38.9 Å². The number of fused-ring (bicyclic) bond motifs is 1. The van der Waals surface area contributed by atoms with Gasteiger partial charge in [-0.25, -0.2) is 0 Å². The van der Waals surface area contributed by atoms with Gasteiger partial charge in [0, 0.05) is 0 Å². The minimum atomic E-state index is 0.317. The summed E-state index contributed by atoms with van der Waals surface area (Å²) in [7, 11) is 0. The molecule has 0 bridgehead atoms. The third kappa shape index (κ3) is 1.55. The van der Waals surface area contributed by atoms with Gasteiger partial charge in [-0.1, -0.05) is 75.7 Å². The molecule has 0 N–H and O–H groups in total. The second kappa shape index (κ2) is 4.05. The fourth-order valence-corrected chi connectivity index (χ4v) is 6.01. The first-order valence-corrected chi connectivity index (χ1v) is 8.73. The summed E-state index contributed by atoms with van der Waals surface area (Å²) < 4.78 is 0. The van der Waals surface area contributed by atoms with Crippen molar-refractivity contribution >= 4 is 0 Å². The van der Waals surface area contributed by atoms with Gasteiger partial charge in [-0.2, -0.15) is 0 Å². The molecular formula is C20H38. The molecule has 0 aliphatic heterocycles. The van der Waals surface area contributed by atoms with Crippen molar-refractivity contribution in [3.05, 3.63) is 0 Å². The van der Waals surface area contributed by atoms with E-state index in [0.717, 1.165) is 11.8 Å². The predicted molar refractivity (Wildman–Crippen MR) is 89.7 cm³/mol. The van der Waals surface area contributed by atoms with Crippen molar-refractivity contribution in [2.24, 2.45) is 38.9 Å². The van der Waals surface area contributed by atoms with Crippen molar-refractivity contribution in [2.45, 2.75) is 88.5 Å². The van der Waals surface area contributed by atoms with Crippen LogP contribution in [-0.4, -0.2) is 0 Å². The number of hydrogen-bond donors (Lipinski definition) is 0. The van der Waals surface area contributed by atoms with Crippen LogP contribution in [0.5, 0.6) is 0 Å². The lowest BCUT2D eigenvalue weighted by Gasteiger charge is -2.60. The van der Waals surface area contributed by atoms with E-state index < -0.39 is 0 Å².